The number of anilines is 1. The third kappa shape index (κ3) is 5.90. The third-order valence-corrected chi connectivity index (χ3v) is 8.09. The Kier molecular flexibility index (Phi) is 8.38. The number of likely N-dealkylation sites (tertiary alicyclic amines) is 1. The number of rotatable bonds is 6. The highest BCUT2D eigenvalue weighted by Gasteiger charge is 2.62. The number of alkyl halides is 3. The minimum atomic E-state index is -5.12. The Morgan fingerprint density at radius 3 is 2.08 bits per heavy atom. The minimum absolute atomic E-state index is 0.200. The summed E-state index contributed by atoms with van der Waals surface area (Å²) in [6.07, 6.45) is -2.06. The minimum Gasteiger partial charge on any atom is -0.374 e. The second-order valence-electron chi connectivity index (χ2n) is 10.1. The van der Waals surface area contributed by atoms with Crippen molar-refractivity contribution in [1.29, 1.82) is 0 Å². The van der Waals surface area contributed by atoms with Crippen LogP contribution in [0.2, 0.25) is 5.02 Å². The van der Waals surface area contributed by atoms with Gasteiger partial charge in [0.2, 0.25) is 0 Å². The van der Waals surface area contributed by atoms with E-state index in [9.17, 15) is 28.2 Å². The Labute approximate surface area is 219 Å². The normalized spacial score (nSPS) is 20.5. The van der Waals surface area contributed by atoms with E-state index < -0.39 is 29.5 Å². The zero-order valence-electron chi connectivity index (χ0n) is 20.5. The van der Waals surface area contributed by atoms with Gasteiger partial charge >= 0.3 is 6.18 Å². The summed E-state index contributed by atoms with van der Waals surface area (Å²) < 4.78 is 41.7. The lowest BCUT2D eigenvalue weighted by Crippen LogP contribution is -2.57. The molecule has 2 fully saturated rings. The highest BCUT2D eigenvalue weighted by Crippen LogP contribution is 2.41. The Bertz CT molecular complexity index is 1070. The molecule has 202 valence electrons. The summed E-state index contributed by atoms with van der Waals surface area (Å²) in [5, 5.41) is 20.6. The number of carbonyl (C=O) groups is 1. The number of amides is 1. The van der Waals surface area contributed by atoms with Crippen LogP contribution in [0, 0.1) is 11.8 Å². The lowest BCUT2D eigenvalue weighted by Gasteiger charge is -2.40. The summed E-state index contributed by atoms with van der Waals surface area (Å²) in [4.78, 5) is 16.3. The average Bonchev–Trinajstić information content (AvgIpc) is 2.88. The largest absolute Gasteiger partial charge is 0.430 e. The summed E-state index contributed by atoms with van der Waals surface area (Å²) in [6, 6.07) is 12.0. The summed E-state index contributed by atoms with van der Waals surface area (Å²) in [7, 11) is 0. The number of nitrogens with two attached hydrogens (primary N) is 1. The lowest BCUT2D eigenvalue weighted by atomic mass is 9.82. The first kappa shape index (κ1) is 27.7. The monoisotopic (exact) mass is 539 g/mol. The molecular weight excluding hydrogens is 507 g/mol. The molecule has 0 radical (unpaired) electrons. The molecule has 2 aliphatic heterocycles. The average molecular weight is 540 g/mol. The van der Waals surface area contributed by atoms with E-state index in [1.54, 1.807) is 12.1 Å². The maximum atomic E-state index is 13.9. The predicted octanol–water partition coefficient (Wildman–Crippen LogP) is 4.58. The van der Waals surface area contributed by atoms with Crippen LogP contribution in [0.4, 0.5) is 18.9 Å². The van der Waals surface area contributed by atoms with Gasteiger partial charge in [0.15, 0.2) is 0 Å². The number of hydrogen-bond donors (Lipinski definition) is 3. The van der Waals surface area contributed by atoms with Gasteiger partial charge in [-0.05, 0) is 56.1 Å². The van der Waals surface area contributed by atoms with Gasteiger partial charge in [-0.3, -0.25) is 4.79 Å². The summed E-state index contributed by atoms with van der Waals surface area (Å²) in [5.74, 6) is -0.471. The van der Waals surface area contributed by atoms with Gasteiger partial charge in [-0.25, -0.2) is 0 Å². The molecule has 0 aliphatic carbocycles. The van der Waals surface area contributed by atoms with Crippen molar-refractivity contribution < 1.29 is 28.2 Å². The van der Waals surface area contributed by atoms with E-state index in [2.05, 4.69) is 4.90 Å². The maximum Gasteiger partial charge on any atom is 0.430 e. The molecule has 1 amide bonds. The van der Waals surface area contributed by atoms with Crippen LogP contribution in [0.1, 0.15) is 49.5 Å². The van der Waals surface area contributed by atoms with Crippen LogP contribution in [0.25, 0.3) is 0 Å². The fourth-order valence-electron chi connectivity index (χ4n) is 5.54. The molecule has 10 heteroatoms. The number of piperidine rings is 2. The molecule has 2 atom stereocenters. The Morgan fingerprint density at radius 1 is 1.00 bits per heavy atom. The topological polar surface area (TPSA) is 90.0 Å². The quantitative estimate of drug-likeness (QED) is 0.467. The van der Waals surface area contributed by atoms with Crippen molar-refractivity contribution in [3.8, 4) is 0 Å². The Balaban J connectivity index is 1.29. The van der Waals surface area contributed by atoms with Crippen LogP contribution in [-0.4, -0.2) is 53.4 Å². The van der Waals surface area contributed by atoms with Crippen molar-refractivity contribution in [1.82, 2.24) is 4.90 Å². The van der Waals surface area contributed by atoms with Crippen LogP contribution in [0.5, 0.6) is 0 Å². The van der Waals surface area contributed by atoms with Crippen molar-refractivity contribution in [2.75, 3.05) is 31.1 Å². The van der Waals surface area contributed by atoms with Gasteiger partial charge in [-0.2, -0.15) is 13.2 Å². The molecule has 1 unspecified atom stereocenters. The smallest absolute Gasteiger partial charge is 0.374 e. The van der Waals surface area contributed by atoms with Crippen LogP contribution < -0.4 is 10.6 Å². The molecule has 2 aliphatic rings. The van der Waals surface area contributed by atoms with Crippen molar-refractivity contribution in [2.45, 2.75) is 50.1 Å². The second kappa shape index (κ2) is 11.2. The van der Waals surface area contributed by atoms with E-state index in [1.807, 2.05) is 12.1 Å². The van der Waals surface area contributed by atoms with Crippen LogP contribution in [0.15, 0.2) is 48.5 Å². The van der Waals surface area contributed by atoms with E-state index >= 15 is 0 Å². The molecule has 4 N–H and O–H groups in total. The van der Waals surface area contributed by atoms with Crippen molar-refractivity contribution >= 4 is 23.2 Å². The van der Waals surface area contributed by atoms with E-state index in [-0.39, 0.29) is 13.1 Å². The molecular formula is C27H33ClF3N3O3. The van der Waals surface area contributed by atoms with Crippen molar-refractivity contribution in [3.05, 3.63) is 64.7 Å². The molecule has 0 aromatic heterocycles. The van der Waals surface area contributed by atoms with E-state index in [0.717, 1.165) is 55.1 Å². The molecule has 2 aromatic carbocycles. The molecule has 6 nitrogen and oxygen atoms in total. The van der Waals surface area contributed by atoms with Crippen LogP contribution in [0.3, 0.4) is 0 Å². The van der Waals surface area contributed by atoms with Crippen molar-refractivity contribution in [2.24, 2.45) is 17.6 Å². The first-order valence-electron chi connectivity index (χ1n) is 12.6. The van der Waals surface area contributed by atoms with Gasteiger partial charge < -0.3 is 25.7 Å². The number of carbonyl (C=O) groups excluding carboxylic acids is 1. The molecule has 37 heavy (non-hydrogen) atoms. The van der Waals surface area contributed by atoms with Gasteiger partial charge in [-0.1, -0.05) is 48.0 Å². The SMILES string of the molecule is NC(O)c1ccc(N2CCC(CC3CCN(C(=O)[C@](O)(c4ccccc4)C(F)(F)F)CC3)CC2)cc1Cl. The molecule has 2 heterocycles. The van der Waals surface area contributed by atoms with Crippen LogP contribution >= 0.6 is 11.6 Å². The zero-order valence-corrected chi connectivity index (χ0v) is 21.3. The number of hydrogen-bond acceptors (Lipinski definition) is 5. The highest BCUT2D eigenvalue weighted by atomic mass is 35.5. The molecule has 2 saturated heterocycles. The predicted molar refractivity (Wildman–Crippen MR) is 136 cm³/mol. The van der Waals surface area contributed by atoms with Crippen LogP contribution in [-0.2, 0) is 10.4 Å². The lowest BCUT2D eigenvalue weighted by molar-refractivity contribution is -0.262. The fourth-order valence-corrected chi connectivity index (χ4v) is 5.83. The summed E-state index contributed by atoms with van der Waals surface area (Å²) in [5.41, 5.74) is 2.98. The fraction of sp³-hybridized carbons (Fsp3) is 0.519. The number of halogens is 4. The molecule has 2 aromatic rings. The standard InChI is InChI=1S/C27H33ClF3N3O3/c28-23-17-21(6-7-22(23)24(32)35)33-12-8-18(9-13-33)16-19-10-14-34(15-11-19)25(36)26(37,27(29,30)31)20-4-2-1-3-5-20/h1-7,17-19,24,35,37H,8-16,32H2/t24?,26-/m1/s1. The maximum absolute atomic E-state index is 13.9. The molecule has 0 bridgehead atoms. The third-order valence-electron chi connectivity index (χ3n) is 7.76. The van der Waals surface area contributed by atoms with Gasteiger partial charge in [0.1, 0.15) is 6.23 Å². The summed E-state index contributed by atoms with van der Waals surface area (Å²) in [6.45, 7) is 2.12. The molecule has 0 saturated carbocycles. The van der Waals surface area contributed by atoms with Crippen molar-refractivity contribution in [3.63, 3.8) is 0 Å². The van der Waals surface area contributed by atoms with Gasteiger partial charge in [0, 0.05) is 48.0 Å². The molecule has 0 spiro atoms. The van der Waals surface area contributed by atoms with Gasteiger partial charge in [0.05, 0.1) is 0 Å². The first-order valence-corrected chi connectivity index (χ1v) is 13.0. The second-order valence-corrected chi connectivity index (χ2v) is 10.5. The Hall–Kier alpha value is -2.33. The Morgan fingerprint density at radius 2 is 1.57 bits per heavy atom. The molecule has 4 rings (SSSR count). The zero-order chi connectivity index (χ0) is 26.8. The van der Waals surface area contributed by atoms with E-state index in [1.165, 1.54) is 12.1 Å². The number of nitrogens with zero attached hydrogens (tertiary/aromatic N) is 2. The number of benzene rings is 2. The van der Waals surface area contributed by atoms with Gasteiger partial charge in [0.25, 0.3) is 11.5 Å². The van der Waals surface area contributed by atoms with E-state index in [0.29, 0.717) is 35.3 Å². The summed E-state index contributed by atoms with van der Waals surface area (Å²) >= 11 is 6.25. The van der Waals surface area contributed by atoms with Gasteiger partial charge in [-0.15, -0.1) is 0 Å². The first-order chi connectivity index (χ1) is 17.5. The number of aliphatic hydroxyl groups excluding tert-OH is 1. The highest BCUT2D eigenvalue weighted by molar-refractivity contribution is 6.31. The van der Waals surface area contributed by atoms with E-state index in [4.69, 9.17) is 17.3 Å². The number of aliphatic hydroxyl groups is 2.